The summed E-state index contributed by atoms with van der Waals surface area (Å²) in [5, 5.41) is 0. The lowest BCUT2D eigenvalue weighted by Gasteiger charge is -2.03. The fourth-order valence-corrected chi connectivity index (χ4v) is 2.42. The molecular weight excluding hydrogens is 190 g/mol. The lowest BCUT2D eigenvalue weighted by Crippen LogP contribution is -2.06. The van der Waals surface area contributed by atoms with Crippen LogP contribution < -0.4 is 15.2 Å². The molecule has 2 aliphatic rings. The maximum Gasteiger partial charge on any atom is 0.231 e. The molecule has 0 bridgehead atoms. The number of benzene rings is 1. The first-order valence-electron chi connectivity index (χ1n) is 5.26. The highest BCUT2D eigenvalue weighted by Gasteiger charge is 2.56. The lowest BCUT2D eigenvalue weighted by atomic mass is 10.0. The molecule has 0 aromatic heterocycles. The first-order chi connectivity index (χ1) is 7.10. The van der Waals surface area contributed by atoms with E-state index in [4.69, 9.17) is 15.2 Å². The quantitative estimate of drug-likeness (QED) is 0.761. The van der Waals surface area contributed by atoms with E-state index in [2.05, 4.69) is 26.0 Å². The van der Waals surface area contributed by atoms with Crippen LogP contribution in [0.25, 0.3) is 0 Å². The van der Waals surface area contributed by atoms with Gasteiger partial charge in [0.2, 0.25) is 6.79 Å². The van der Waals surface area contributed by atoms with Gasteiger partial charge in [0.15, 0.2) is 11.5 Å². The summed E-state index contributed by atoms with van der Waals surface area (Å²) in [6.07, 6.45) is 0. The summed E-state index contributed by atoms with van der Waals surface area (Å²) in [7, 11) is 0. The van der Waals surface area contributed by atoms with Crippen molar-refractivity contribution in [2.45, 2.75) is 25.8 Å². The van der Waals surface area contributed by atoms with Crippen molar-refractivity contribution in [3.8, 4) is 11.5 Å². The number of fused-ring (bicyclic) bond motifs is 1. The summed E-state index contributed by atoms with van der Waals surface area (Å²) >= 11 is 0. The van der Waals surface area contributed by atoms with E-state index in [1.54, 1.807) is 0 Å². The van der Waals surface area contributed by atoms with E-state index < -0.39 is 0 Å². The highest BCUT2D eigenvalue weighted by molar-refractivity contribution is 5.48. The van der Waals surface area contributed by atoms with Crippen molar-refractivity contribution < 1.29 is 9.47 Å². The van der Waals surface area contributed by atoms with Crippen LogP contribution in [0.4, 0.5) is 0 Å². The van der Waals surface area contributed by atoms with Crippen molar-refractivity contribution in [2.75, 3.05) is 6.79 Å². The summed E-state index contributed by atoms with van der Waals surface area (Å²) in [5.74, 6) is 2.14. The molecule has 0 amide bonds. The number of hydrogen-bond acceptors (Lipinski definition) is 3. The Hall–Kier alpha value is -1.22. The Morgan fingerprint density at radius 3 is 2.60 bits per heavy atom. The number of ether oxygens (including phenoxy) is 2. The largest absolute Gasteiger partial charge is 0.454 e. The molecule has 1 aromatic carbocycles. The van der Waals surface area contributed by atoms with Crippen molar-refractivity contribution in [3.63, 3.8) is 0 Å². The molecule has 3 rings (SSSR count). The second-order valence-corrected chi connectivity index (χ2v) is 4.94. The number of nitrogens with two attached hydrogens (primary N) is 1. The zero-order valence-corrected chi connectivity index (χ0v) is 8.99. The Morgan fingerprint density at radius 2 is 1.93 bits per heavy atom. The van der Waals surface area contributed by atoms with E-state index in [9.17, 15) is 0 Å². The summed E-state index contributed by atoms with van der Waals surface area (Å²) in [6, 6.07) is 6.38. The van der Waals surface area contributed by atoms with Gasteiger partial charge >= 0.3 is 0 Å². The third-order valence-electron chi connectivity index (χ3n) is 3.67. The molecule has 2 atom stereocenters. The highest BCUT2D eigenvalue weighted by Crippen LogP contribution is 2.58. The lowest BCUT2D eigenvalue weighted by molar-refractivity contribution is 0.174. The molecular formula is C12H15NO2. The zero-order chi connectivity index (χ0) is 10.6. The molecule has 1 saturated carbocycles. The molecule has 80 valence electrons. The second kappa shape index (κ2) is 2.67. The highest BCUT2D eigenvalue weighted by atomic mass is 16.7. The van der Waals surface area contributed by atoms with Gasteiger partial charge in [-0.1, -0.05) is 19.9 Å². The molecule has 3 nitrogen and oxygen atoms in total. The minimum absolute atomic E-state index is 0.216. The fraction of sp³-hybridized carbons (Fsp3) is 0.500. The van der Waals surface area contributed by atoms with E-state index in [-0.39, 0.29) is 11.5 Å². The second-order valence-electron chi connectivity index (χ2n) is 4.94. The predicted molar refractivity (Wildman–Crippen MR) is 57.1 cm³/mol. The SMILES string of the molecule is CC1(C)C(N)C1c1ccc2c(c1)OCO2. The van der Waals surface area contributed by atoms with Gasteiger partial charge in [-0.2, -0.15) is 0 Å². The van der Waals surface area contributed by atoms with Crippen molar-refractivity contribution in [1.82, 2.24) is 0 Å². The first-order valence-corrected chi connectivity index (χ1v) is 5.26. The van der Waals surface area contributed by atoms with E-state index in [0.29, 0.717) is 12.7 Å². The van der Waals surface area contributed by atoms with Crippen molar-refractivity contribution >= 4 is 0 Å². The van der Waals surface area contributed by atoms with Crippen LogP contribution in [-0.4, -0.2) is 12.8 Å². The van der Waals surface area contributed by atoms with Gasteiger partial charge in [0.1, 0.15) is 0 Å². The molecule has 0 spiro atoms. The molecule has 2 N–H and O–H groups in total. The van der Waals surface area contributed by atoms with Crippen LogP contribution >= 0.6 is 0 Å². The molecule has 2 unspecified atom stereocenters. The average molecular weight is 205 g/mol. The Balaban J connectivity index is 1.95. The van der Waals surface area contributed by atoms with Gasteiger partial charge in [-0.3, -0.25) is 0 Å². The normalized spacial score (nSPS) is 30.3. The Morgan fingerprint density at radius 1 is 1.27 bits per heavy atom. The summed E-state index contributed by atoms with van der Waals surface area (Å²) in [4.78, 5) is 0. The van der Waals surface area contributed by atoms with Gasteiger partial charge in [0, 0.05) is 12.0 Å². The molecule has 0 saturated heterocycles. The van der Waals surface area contributed by atoms with Crippen LogP contribution in [-0.2, 0) is 0 Å². The van der Waals surface area contributed by atoms with Crippen molar-refractivity contribution in [3.05, 3.63) is 23.8 Å². The van der Waals surface area contributed by atoms with E-state index >= 15 is 0 Å². The number of rotatable bonds is 1. The monoisotopic (exact) mass is 205 g/mol. The summed E-state index contributed by atoms with van der Waals surface area (Å²) < 4.78 is 10.6. The minimum Gasteiger partial charge on any atom is -0.454 e. The van der Waals surface area contributed by atoms with Gasteiger partial charge in [0.25, 0.3) is 0 Å². The third-order valence-corrected chi connectivity index (χ3v) is 3.67. The van der Waals surface area contributed by atoms with Crippen LogP contribution in [0.2, 0.25) is 0 Å². The molecule has 1 fully saturated rings. The molecule has 1 aliphatic heterocycles. The molecule has 3 heteroatoms. The van der Waals surface area contributed by atoms with E-state index in [0.717, 1.165) is 11.5 Å². The Bertz CT molecular complexity index is 414. The van der Waals surface area contributed by atoms with Crippen LogP contribution in [0.5, 0.6) is 11.5 Å². The van der Waals surface area contributed by atoms with E-state index in [1.165, 1.54) is 5.56 Å². The molecule has 1 aliphatic carbocycles. The first kappa shape index (κ1) is 9.04. The molecule has 0 radical (unpaired) electrons. The topological polar surface area (TPSA) is 44.5 Å². The van der Waals surface area contributed by atoms with Crippen molar-refractivity contribution in [1.29, 1.82) is 0 Å². The summed E-state index contributed by atoms with van der Waals surface area (Å²) in [5.41, 5.74) is 7.53. The Labute approximate surface area is 89.2 Å². The predicted octanol–water partition coefficient (Wildman–Crippen LogP) is 1.87. The molecule has 1 heterocycles. The van der Waals surface area contributed by atoms with Gasteiger partial charge in [0.05, 0.1) is 0 Å². The maximum absolute atomic E-state index is 6.05. The van der Waals surface area contributed by atoms with Crippen molar-refractivity contribution in [2.24, 2.45) is 11.1 Å². The fourth-order valence-electron chi connectivity index (χ4n) is 2.42. The van der Waals surface area contributed by atoms with E-state index in [1.807, 2.05) is 6.07 Å². The van der Waals surface area contributed by atoms with Gasteiger partial charge in [-0.15, -0.1) is 0 Å². The minimum atomic E-state index is 0.216. The molecule has 1 aromatic rings. The Kier molecular flexibility index (Phi) is 1.61. The third kappa shape index (κ3) is 1.16. The maximum atomic E-state index is 6.05. The van der Waals surface area contributed by atoms with Gasteiger partial charge < -0.3 is 15.2 Å². The van der Waals surface area contributed by atoms with Crippen LogP contribution in [0.15, 0.2) is 18.2 Å². The summed E-state index contributed by atoms with van der Waals surface area (Å²) in [6.45, 7) is 4.73. The van der Waals surface area contributed by atoms with Crippen LogP contribution in [0, 0.1) is 5.41 Å². The van der Waals surface area contributed by atoms with Gasteiger partial charge in [-0.25, -0.2) is 0 Å². The average Bonchev–Trinajstić information content (AvgIpc) is 2.62. The number of hydrogen-bond donors (Lipinski definition) is 1. The zero-order valence-electron chi connectivity index (χ0n) is 8.99. The smallest absolute Gasteiger partial charge is 0.231 e. The van der Waals surface area contributed by atoms with Crippen LogP contribution in [0.3, 0.4) is 0 Å². The molecule has 15 heavy (non-hydrogen) atoms. The standard InChI is InChI=1S/C12H15NO2/c1-12(2)10(11(12)13)7-3-4-8-9(5-7)15-6-14-8/h3-5,10-11H,6,13H2,1-2H3. The van der Waals surface area contributed by atoms with Crippen LogP contribution in [0.1, 0.15) is 25.3 Å². The van der Waals surface area contributed by atoms with Gasteiger partial charge in [-0.05, 0) is 23.1 Å².